The summed E-state index contributed by atoms with van der Waals surface area (Å²) >= 11 is 1.48. The normalized spacial score (nSPS) is 17.7. The molecule has 1 unspecified atom stereocenters. The first kappa shape index (κ1) is 22.2. The second-order valence-electron chi connectivity index (χ2n) is 8.84. The molecule has 0 spiro atoms. The summed E-state index contributed by atoms with van der Waals surface area (Å²) in [4.78, 5) is 28.9. The van der Waals surface area contributed by atoms with Crippen LogP contribution in [0.3, 0.4) is 0 Å². The van der Waals surface area contributed by atoms with Gasteiger partial charge in [0, 0.05) is 41.1 Å². The third-order valence-electron chi connectivity index (χ3n) is 6.73. The zero-order valence-corrected chi connectivity index (χ0v) is 20.2. The van der Waals surface area contributed by atoms with Crippen LogP contribution in [0.5, 0.6) is 0 Å². The van der Waals surface area contributed by atoms with Crippen molar-refractivity contribution >= 4 is 39.7 Å². The number of Topliss-reactive ketones (excluding diaryl/α,β-unsaturated/α-hetero) is 1. The van der Waals surface area contributed by atoms with E-state index in [-0.39, 0.29) is 11.3 Å². The third kappa shape index (κ3) is 3.64. The number of nitrogens with zero attached hydrogens (tertiary/aromatic N) is 2. The molecule has 3 heterocycles. The third-order valence-corrected chi connectivity index (χ3v) is 7.66. The highest BCUT2D eigenvalue weighted by Crippen LogP contribution is 2.41. The Morgan fingerprint density at radius 1 is 1.03 bits per heavy atom. The number of likely N-dealkylation sites (tertiary alicyclic amines) is 1. The average molecular weight is 471 g/mol. The first-order valence-electron chi connectivity index (χ1n) is 11.3. The molecular weight excluding hydrogens is 444 g/mol. The second kappa shape index (κ2) is 8.61. The van der Waals surface area contributed by atoms with E-state index in [1.807, 2.05) is 62.7 Å². The molecule has 5 rings (SSSR count). The Morgan fingerprint density at radius 3 is 2.56 bits per heavy atom. The number of benzene rings is 2. The lowest BCUT2D eigenvalue weighted by Crippen LogP contribution is -2.31. The number of para-hydroxylation sites is 1. The molecule has 1 atom stereocenters. The molecule has 1 aliphatic heterocycles. The molecule has 0 bridgehead atoms. The first-order valence-corrected chi connectivity index (χ1v) is 12.2. The van der Waals surface area contributed by atoms with Crippen LogP contribution in [-0.4, -0.2) is 32.8 Å². The zero-order valence-electron chi connectivity index (χ0n) is 19.4. The molecule has 5 nitrogen and oxygen atoms in total. The van der Waals surface area contributed by atoms with Gasteiger partial charge in [-0.2, -0.15) is 0 Å². The Kier molecular flexibility index (Phi) is 5.62. The molecule has 0 aliphatic carbocycles. The van der Waals surface area contributed by atoms with Crippen molar-refractivity contribution < 1.29 is 14.7 Å². The summed E-state index contributed by atoms with van der Waals surface area (Å²) in [6.45, 7) is 4.34. The summed E-state index contributed by atoms with van der Waals surface area (Å²) in [6, 6.07) is 17.0. The van der Waals surface area contributed by atoms with Crippen LogP contribution in [0.25, 0.3) is 16.7 Å². The number of thiophene rings is 1. The highest BCUT2D eigenvalue weighted by Gasteiger charge is 2.46. The lowest BCUT2D eigenvalue weighted by Gasteiger charge is -2.24. The number of carbonyl (C=O) groups excluding carboxylic acids is 2. The molecule has 1 N–H and O–H groups in total. The van der Waals surface area contributed by atoms with Crippen LogP contribution in [0.4, 0.5) is 0 Å². The molecule has 1 saturated heterocycles. The van der Waals surface area contributed by atoms with Gasteiger partial charge in [-0.3, -0.25) is 9.59 Å². The molecule has 6 heteroatoms. The topological polar surface area (TPSA) is 62.5 Å². The van der Waals surface area contributed by atoms with Crippen LogP contribution in [-0.2, 0) is 23.1 Å². The van der Waals surface area contributed by atoms with E-state index in [0.717, 1.165) is 32.5 Å². The van der Waals surface area contributed by atoms with E-state index in [9.17, 15) is 14.7 Å². The Hall–Kier alpha value is -3.64. The van der Waals surface area contributed by atoms with Gasteiger partial charge < -0.3 is 14.6 Å². The minimum Gasteiger partial charge on any atom is -0.507 e. The summed E-state index contributed by atoms with van der Waals surface area (Å²) < 4.78 is 2.08. The monoisotopic (exact) mass is 470 g/mol. The molecule has 4 aromatic rings. The van der Waals surface area contributed by atoms with E-state index in [1.54, 1.807) is 11.0 Å². The molecular formula is C28H26N2O3S. The number of hydrogen-bond donors (Lipinski definition) is 1. The van der Waals surface area contributed by atoms with E-state index >= 15 is 0 Å². The van der Waals surface area contributed by atoms with Crippen molar-refractivity contribution in [3.05, 3.63) is 98.9 Å². The summed E-state index contributed by atoms with van der Waals surface area (Å²) in [5.41, 5.74) is 5.08. The quantitative estimate of drug-likeness (QED) is 0.237. The number of fused-ring (bicyclic) bond motifs is 1. The summed E-state index contributed by atoms with van der Waals surface area (Å²) in [5, 5.41) is 14.3. The molecule has 1 aliphatic rings. The van der Waals surface area contributed by atoms with Crippen molar-refractivity contribution in [3.8, 4) is 0 Å². The van der Waals surface area contributed by atoms with E-state index in [1.165, 1.54) is 11.3 Å². The highest BCUT2D eigenvalue weighted by molar-refractivity contribution is 7.10. The molecule has 0 saturated carbocycles. The van der Waals surface area contributed by atoms with Crippen molar-refractivity contribution in [1.82, 2.24) is 9.47 Å². The fourth-order valence-electron chi connectivity index (χ4n) is 4.76. The number of aliphatic hydroxyl groups is 1. The fraction of sp³-hybridized carbons (Fsp3) is 0.214. The van der Waals surface area contributed by atoms with Crippen LogP contribution in [0, 0.1) is 13.8 Å². The fourth-order valence-corrected chi connectivity index (χ4v) is 5.61. The number of carbonyl (C=O) groups is 2. The Bertz CT molecular complexity index is 1450. The van der Waals surface area contributed by atoms with E-state index in [0.29, 0.717) is 18.5 Å². The van der Waals surface area contributed by atoms with Crippen LogP contribution in [0.2, 0.25) is 0 Å². The zero-order chi connectivity index (χ0) is 24.0. The molecule has 1 fully saturated rings. The molecule has 0 radical (unpaired) electrons. The summed E-state index contributed by atoms with van der Waals surface area (Å²) in [5.74, 6) is -1.32. The number of hydrogen-bond acceptors (Lipinski definition) is 4. The SMILES string of the molecule is Cc1ccc(/C(O)=C2/C(=O)C(=O)N(CCc3cn(C)c4ccccc34)C2c2cccs2)cc1C. The summed E-state index contributed by atoms with van der Waals surface area (Å²) in [6.07, 6.45) is 2.69. The van der Waals surface area contributed by atoms with Gasteiger partial charge in [0.15, 0.2) is 0 Å². The van der Waals surface area contributed by atoms with Gasteiger partial charge in [-0.05, 0) is 60.5 Å². The number of aromatic nitrogens is 1. The lowest BCUT2D eigenvalue weighted by molar-refractivity contribution is -0.139. The molecule has 1 amide bonds. The van der Waals surface area contributed by atoms with E-state index in [4.69, 9.17) is 0 Å². The molecule has 34 heavy (non-hydrogen) atoms. The predicted molar refractivity (Wildman–Crippen MR) is 136 cm³/mol. The highest BCUT2D eigenvalue weighted by atomic mass is 32.1. The van der Waals surface area contributed by atoms with Crippen LogP contribution >= 0.6 is 11.3 Å². The standard InChI is InChI=1S/C28H26N2O3S/c1-17-10-11-19(15-18(17)2)26(31)24-25(23-9-6-14-34-23)30(28(33)27(24)32)13-12-20-16-29(3)22-8-5-4-7-21(20)22/h4-11,14-16,25,31H,12-13H2,1-3H3/b26-24-. The largest absolute Gasteiger partial charge is 0.507 e. The smallest absolute Gasteiger partial charge is 0.295 e. The van der Waals surface area contributed by atoms with Crippen molar-refractivity contribution in [2.24, 2.45) is 7.05 Å². The Balaban J connectivity index is 1.55. The molecule has 172 valence electrons. The number of aryl methyl sites for hydroxylation is 3. The van der Waals surface area contributed by atoms with Crippen molar-refractivity contribution in [1.29, 1.82) is 0 Å². The minimum atomic E-state index is -0.632. The van der Waals surface area contributed by atoms with Gasteiger partial charge in [-0.1, -0.05) is 36.4 Å². The van der Waals surface area contributed by atoms with Crippen molar-refractivity contribution in [2.75, 3.05) is 6.54 Å². The minimum absolute atomic E-state index is 0.118. The second-order valence-corrected chi connectivity index (χ2v) is 9.82. The molecule has 2 aromatic carbocycles. The predicted octanol–water partition coefficient (Wildman–Crippen LogP) is 5.52. The Labute approximate surface area is 202 Å². The number of ketones is 1. The van der Waals surface area contributed by atoms with Gasteiger partial charge >= 0.3 is 0 Å². The summed E-state index contributed by atoms with van der Waals surface area (Å²) in [7, 11) is 2.01. The molecule has 2 aromatic heterocycles. The maximum atomic E-state index is 13.2. The maximum absolute atomic E-state index is 13.2. The van der Waals surface area contributed by atoms with Crippen LogP contribution in [0.1, 0.15) is 33.2 Å². The van der Waals surface area contributed by atoms with Gasteiger partial charge in [-0.15, -0.1) is 11.3 Å². The maximum Gasteiger partial charge on any atom is 0.295 e. The van der Waals surface area contributed by atoms with E-state index < -0.39 is 17.7 Å². The van der Waals surface area contributed by atoms with E-state index in [2.05, 4.69) is 22.9 Å². The van der Waals surface area contributed by atoms with Crippen LogP contribution in [0.15, 0.2) is 71.7 Å². The van der Waals surface area contributed by atoms with Gasteiger partial charge in [0.25, 0.3) is 11.7 Å². The van der Waals surface area contributed by atoms with Gasteiger partial charge in [0.2, 0.25) is 0 Å². The number of rotatable bonds is 5. The lowest BCUT2D eigenvalue weighted by atomic mass is 9.97. The number of aliphatic hydroxyl groups excluding tert-OH is 1. The number of amides is 1. The van der Waals surface area contributed by atoms with Gasteiger partial charge in [0.1, 0.15) is 5.76 Å². The van der Waals surface area contributed by atoms with Crippen molar-refractivity contribution in [2.45, 2.75) is 26.3 Å². The van der Waals surface area contributed by atoms with Gasteiger partial charge in [0.05, 0.1) is 11.6 Å². The van der Waals surface area contributed by atoms with Crippen LogP contribution < -0.4 is 0 Å². The Morgan fingerprint density at radius 2 is 1.82 bits per heavy atom. The average Bonchev–Trinajstić information content (AvgIpc) is 3.53. The van der Waals surface area contributed by atoms with Gasteiger partial charge in [-0.25, -0.2) is 0 Å². The van der Waals surface area contributed by atoms with Crippen molar-refractivity contribution in [3.63, 3.8) is 0 Å². The first-order chi connectivity index (χ1) is 16.4.